The molecule has 0 amide bonds. The van der Waals surface area contributed by atoms with E-state index in [9.17, 15) is 8.78 Å². The number of hydrogen-bond acceptors (Lipinski definition) is 2. The van der Waals surface area contributed by atoms with Gasteiger partial charge in [-0.1, -0.05) is 72.8 Å². The first-order valence-electron chi connectivity index (χ1n) is 13.8. The van der Waals surface area contributed by atoms with Crippen molar-refractivity contribution in [3.63, 3.8) is 0 Å². The zero-order valence-corrected chi connectivity index (χ0v) is 23.5. The van der Waals surface area contributed by atoms with Gasteiger partial charge >= 0.3 is 0 Å². The molecule has 4 aromatic carbocycles. The number of nitrogens with zero attached hydrogens (tertiary/aromatic N) is 2. The molecule has 0 aliphatic carbocycles. The molecule has 0 atom stereocenters. The van der Waals surface area contributed by atoms with E-state index in [1.54, 1.807) is 84.9 Å². The van der Waals surface area contributed by atoms with E-state index in [1.165, 1.54) is 24.3 Å². The van der Waals surface area contributed by atoms with Gasteiger partial charge in [0.25, 0.3) is 0 Å². The van der Waals surface area contributed by atoms with Crippen molar-refractivity contribution in [1.29, 1.82) is 0 Å². The smallest absolute Gasteiger partial charge is 0.143 e. The highest BCUT2D eigenvalue weighted by atomic mass is 19.1. The first kappa shape index (κ1) is 28.0. The summed E-state index contributed by atoms with van der Waals surface area (Å²) in [6.07, 6.45) is 0. The first-order chi connectivity index (χ1) is 20.8. The summed E-state index contributed by atoms with van der Waals surface area (Å²) in [5.41, 5.74) is 2.04. The lowest BCUT2D eigenvalue weighted by Gasteiger charge is -2.25. The molecule has 6 heteroatoms. The zero-order valence-electron chi connectivity index (χ0n) is 23.5. The Bertz CT molecular complexity index is 1800. The quantitative estimate of drug-likeness (QED) is 0.185. The lowest BCUT2D eigenvalue weighted by atomic mass is 9.84. The molecule has 0 spiro atoms. The highest BCUT2D eigenvalue weighted by Crippen LogP contribution is 2.37. The molecule has 0 aliphatic rings. The molecule has 6 rings (SSSR count). The van der Waals surface area contributed by atoms with E-state index in [1.807, 2.05) is 26.0 Å². The van der Waals surface area contributed by atoms with Gasteiger partial charge in [0.05, 0.1) is 33.9 Å². The van der Waals surface area contributed by atoms with Crippen LogP contribution < -0.4 is 0 Å². The lowest BCUT2D eigenvalue weighted by Crippen LogP contribution is -2.22. The number of aromatic nitrogens is 2. The first-order valence-corrected chi connectivity index (χ1v) is 13.8. The van der Waals surface area contributed by atoms with Gasteiger partial charge in [0, 0.05) is 16.5 Å². The minimum Gasteiger partial charge on any atom is -0.252 e. The average molecular weight is 575 g/mol. The molecule has 212 valence electrons. The summed E-state index contributed by atoms with van der Waals surface area (Å²) in [6, 6.07) is 32.8. The molecule has 0 aliphatic heterocycles. The van der Waals surface area contributed by atoms with Gasteiger partial charge < -0.3 is 0 Å². The number of hydrogen-bond donors (Lipinski definition) is 0. The highest BCUT2D eigenvalue weighted by Gasteiger charge is 2.28. The summed E-state index contributed by atoms with van der Waals surface area (Å²) in [6.45, 7) is 3.83. The molecular formula is C37H26F4N2. The van der Waals surface area contributed by atoms with E-state index < -0.39 is 28.7 Å². The van der Waals surface area contributed by atoms with Gasteiger partial charge in [-0.05, 0) is 73.5 Å². The molecule has 2 nitrogen and oxygen atoms in total. The molecule has 0 fully saturated rings. The van der Waals surface area contributed by atoms with Crippen molar-refractivity contribution in [1.82, 2.24) is 9.97 Å². The van der Waals surface area contributed by atoms with Crippen LogP contribution in [0.3, 0.4) is 0 Å². The largest absolute Gasteiger partial charge is 0.252 e. The maximum atomic E-state index is 15.8. The Morgan fingerprint density at radius 3 is 1.23 bits per heavy atom. The molecule has 0 radical (unpaired) electrons. The second-order valence-electron chi connectivity index (χ2n) is 10.7. The van der Waals surface area contributed by atoms with Gasteiger partial charge in [0.1, 0.15) is 23.3 Å². The summed E-state index contributed by atoms with van der Waals surface area (Å²) >= 11 is 0. The highest BCUT2D eigenvalue weighted by molar-refractivity contribution is 5.74. The van der Waals surface area contributed by atoms with Gasteiger partial charge in [-0.25, -0.2) is 17.6 Å². The molecular weight excluding hydrogens is 548 g/mol. The van der Waals surface area contributed by atoms with Crippen molar-refractivity contribution < 1.29 is 17.6 Å². The van der Waals surface area contributed by atoms with Crippen LogP contribution in [0, 0.1) is 23.3 Å². The average Bonchev–Trinajstić information content (AvgIpc) is 3.02. The number of halogens is 4. The van der Waals surface area contributed by atoms with Crippen LogP contribution in [0.25, 0.3) is 44.8 Å². The Kier molecular flexibility index (Phi) is 7.36. The predicted molar refractivity (Wildman–Crippen MR) is 162 cm³/mol. The predicted octanol–water partition coefficient (Wildman–Crippen LogP) is 10.0. The third kappa shape index (κ3) is 5.21. The molecule has 2 heterocycles. The summed E-state index contributed by atoms with van der Waals surface area (Å²) in [5, 5.41) is 0. The van der Waals surface area contributed by atoms with Crippen LogP contribution in [0.15, 0.2) is 121 Å². The Morgan fingerprint density at radius 1 is 0.442 bits per heavy atom. The fraction of sp³-hybridized carbons (Fsp3) is 0.0811. The summed E-state index contributed by atoms with van der Waals surface area (Å²) in [5.74, 6) is -2.72. The normalized spacial score (nSPS) is 11.5. The maximum absolute atomic E-state index is 15.8. The van der Waals surface area contributed by atoms with Crippen LogP contribution >= 0.6 is 0 Å². The molecule has 0 N–H and O–H groups in total. The second kappa shape index (κ2) is 11.3. The fourth-order valence-corrected chi connectivity index (χ4v) is 5.24. The van der Waals surface area contributed by atoms with Gasteiger partial charge in [-0.15, -0.1) is 0 Å². The number of rotatable bonds is 6. The van der Waals surface area contributed by atoms with Crippen LogP contribution in [0.2, 0.25) is 0 Å². The minimum atomic E-state index is -0.788. The summed E-state index contributed by atoms with van der Waals surface area (Å²) in [7, 11) is 0. The van der Waals surface area contributed by atoms with Crippen molar-refractivity contribution in [3.05, 3.63) is 156 Å². The van der Waals surface area contributed by atoms with Gasteiger partial charge in [0.2, 0.25) is 0 Å². The monoisotopic (exact) mass is 574 g/mol. The van der Waals surface area contributed by atoms with Gasteiger partial charge in [-0.2, -0.15) is 0 Å². The molecule has 43 heavy (non-hydrogen) atoms. The van der Waals surface area contributed by atoms with Crippen molar-refractivity contribution in [3.8, 4) is 44.8 Å². The van der Waals surface area contributed by atoms with E-state index in [4.69, 9.17) is 9.97 Å². The summed E-state index contributed by atoms with van der Waals surface area (Å²) in [4.78, 5) is 9.55. The lowest BCUT2D eigenvalue weighted by molar-refractivity contribution is 0.586. The Hall–Kier alpha value is -5.10. The standard InChI is InChI=1S/C37H26F4N2/c1-37(2,31-17-9-15-29(42-31)25-19-21-27(38)33(35(25)40)23-11-5-3-6-12-23)32-18-10-16-30(43-32)26-20-22-28(39)34(36(26)41)24-13-7-4-8-14-24/h3-22H,1-2H3. The molecule has 0 saturated carbocycles. The van der Waals surface area contributed by atoms with Crippen molar-refractivity contribution in [2.75, 3.05) is 0 Å². The Balaban J connectivity index is 1.40. The van der Waals surface area contributed by atoms with E-state index in [2.05, 4.69) is 0 Å². The van der Waals surface area contributed by atoms with Crippen LogP contribution in [-0.4, -0.2) is 9.97 Å². The third-order valence-corrected chi connectivity index (χ3v) is 7.64. The van der Waals surface area contributed by atoms with Crippen LogP contribution in [0.4, 0.5) is 17.6 Å². The molecule has 6 aromatic rings. The topological polar surface area (TPSA) is 25.8 Å². The summed E-state index contributed by atoms with van der Waals surface area (Å²) < 4.78 is 61.0. The van der Waals surface area contributed by atoms with Crippen LogP contribution in [-0.2, 0) is 5.41 Å². The fourth-order valence-electron chi connectivity index (χ4n) is 5.24. The van der Waals surface area contributed by atoms with E-state index >= 15 is 8.78 Å². The van der Waals surface area contributed by atoms with Crippen LogP contribution in [0.1, 0.15) is 25.2 Å². The second-order valence-corrected chi connectivity index (χ2v) is 10.7. The molecule has 0 saturated heterocycles. The number of benzene rings is 4. The van der Waals surface area contributed by atoms with Gasteiger partial charge in [0.15, 0.2) is 0 Å². The van der Waals surface area contributed by atoms with Crippen molar-refractivity contribution in [2.45, 2.75) is 19.3 Å². The van der Waals surface area contributed by atoms with E-state index in [0.29, 0.717) is 33.9 Å². The SMILES string of the molecule is CC(C)(c1cccc(-c2ccc(F)c(-c3ccccc3)c2F)n1)c1cccc(-c2ccc(F)c(-c3ccccc3)c2F)n1. The molecule has 2 aromatic heterocycles. The Labute approximate surface area is 247 Å². The number of pyridine rings is 2. The zero-order chi connectivity index (χ0) is 30.1. The Morgan fingerprint density at radius 2 is 0.837 bits per heavy atom. The van der Waals surface area contributed by atoms with Crippen molar-refractivity contribution >= 4 is 0 Å². The van der Waals surface area contributed by atoms with Gasteiger partial charge in [-0.3, -0.25) is 9.97 Å². The molecule has 0 bridgehead atoms. The van der Waals surface area contributed by atoms with Crippen molar-refractivity contribution in [2.24, 2.45) is 0 Å². The maximum Gasteiger partial charge on any atom is 0.143 e. The van der Waals surface area contributed by atoms with E-state index in [-0.39, 0.29) is 22.3 Å². The van der Waals surface area contributed by atoms with Crippen LogP contribution in [0.5, 0.6) is 0 Å². The van der Waals surface area contributed by atoms with E-state index in [0.717, 1.165) is 0 Å². The third-order valence-electron chi connectivity index (χ3n) is 7.64. The molecule has 0 unspecified atom stereocenters. The minimum absolute atomic E-state index is 0.116.